The minimum absolute atomic E-state index is 0.300. The van der Waals surface area contributed by atoms with Gasteiger partial charge in [-0.05, 0) is 19.8 Å². The third-order valence-corrected chi connectivity index (χ3v) is 2.07. The highest BCUT2D eigenvalue weighted by atomic mass is 16.2. The second-order valence-corrected chi connectivity index (χ2v) is 2.75. The predicted octanol–water partition coefficient (Wildman–Crippen LogP) is 2.04. The summed E-state index contributed by atoms with van der Waals surface area (Å²) in [7, 11) is 1.88. The van der Waals surface area contributed by atoms with Gasteiger partial charge in [-0.25, -0.2) is 0 Å². The highest BCUT2D eigenvalue weighted by molar-refractivity contribution is 5.76. The smallest absolute Gasteiger partial charge is 0.222 e. The standard InChI is InChI=1S/C7H13NO.C2H6/c1-6-4-3-5-7(9)8(6)2;1-2/h6H,3-5H2,1-2H3;1-2H3. The van der Waals surface area contributed by atoms with E-state index in [-0.39, 0.29) is 0 Å². The van der Waals surface area contributed by atoms with Crippen LogP contribution in [0.3, 0.4) is 0 Å². The van der Waals surface area contributed by atoms with Crippen LogP contribution in [0.25, 0.3) is 0 Å². The van der Waals surface area contributed by atoms with Gasteiger partial charge >= 0.3 is 0 Å². The average Bonchev–Trinajstić information content (AvgIpc) is 2.04. The van der Waals surface area contributed by atoms with E-state index in [1.54, 1.807) is 0 Å². The summed E-state index contributed by atoms with van der Waals surface area (Å²) < 4.78 is 0. The van der Waals surface area contributed by atoms with Crippen molar-refractivity contribution in [2.75, 3.05) is 7.05 Å². The average molecular weight is 157 g/mol. The third kappa shape index (κ3) is 2.91. The van der Waals surface area contributed by atoms with E-state index in [9.17, 15) is 4.79 Å². The maximum Gasteiger partial charge on any atom is 0.222 e. The van der Waals surface area contributed by atoms with E-state index in [0.29, 0.717) is 11.9 Å². The monoisotopic (exact) mass is 157 g/mol. The largest absolute Gasteiger partial charge is 0.343 e. The van der Waals surface area contributed by atoms with Gasteiger partial charge in [0, 0.05) is 19.5 Å². The summed E-state index contributed by atoms with van der Waals surface area (Å²) >= 11 is 0. The Bertz CT molecular complexity index is 123. The predicted molar refractivity (Wildman–Crippen MR) is 47.4 cm³/mol. The molecule has 66 valence electrons. The van der Waals surface area contributed by atoms with E-state index in [1.807, 2.05) is 25.8 Å². The second kappa shape index (κ2) is 5.16. The van der Waals surface area contributed by atoms with E-state index >= 15 is 0 Å². The molecule has 0 aromatic heterocycles. The van der Waals surface area contributed by atoms with E-state index < -0.39 is 0 Å². The van der Waals surface area contributed by atoms with Crippen LogP contribution in [-0.4, -0.2) is 23.9 Å². The molecule has 1 heterocycles. The summed E-state index contributed by atoms with van der Waals surface area (Å²) in [5.41, 5.74) is 0. The molecule has 1 aliphatic heterocycles. The number of nitrogens with zero attached hydrogens (tertiary/aromatic N) is 1. The van der Waals surface area contributed by atoms with Crippen molar-refractivity contribution in [2.24, 2.45) is 0 Å². The Labute approximate surface area is 69.6 Å². The number of hydrogen-bond donors (Lipinski definition) is 0. The molecule has 0 aliphatic carbocycles. The fourth-order valence-electron chi connectivity index (χ4n) is 1.16. The fourth-order valence-corrected chi connectivity index (χ4v) is 1.16. The SMILES string of the molecule is CC.CC1CCCC(=O)N1C. The first-order valence-electron chi connectivity index (χ1n) is 4.47. The molecular formula is C9H19NO. The lowest BCUT2D eigenvalue weighted by atomic mass is 10.0. The Kier molecular flexibility index (Phi) is 4.92. The van der Waals surface area contributed by atoms with Crippen LogP contribution in [0.1, 0.15) is 40.0 Å². The summed E-state index contributed by atoms with van der Waals surface area (Å²) in [6, 6.07) is 0.464. The van der Waals surface area contributed by atoms with Gasteiger partial charge in [0.25, 0.3) is 0 Å². The molecule has 2 heteroatoms. The minimum atomic E-state index is 0.300. The number of carbonyl (C=O) groups is 1. The van der Waals surface area contributed by atoms with Crippen molar-refractivity contribution in [1.29, 1.82) is 0 Å². The van der Waals surface area contributed by atoms with Crippen LogP contribution in [0.15, 0.2) is 0 Å². The molecule has 1 amide bonds. The van der Waals surface area contributed by atoms with Gasteiger partial charge in [-0.2, -0.15) is 0 Å². The highest BCUT2D eigenvalue weighted by Crippen LogP contribution is 2.14. The fraction of sp³-hybridized carbons (Fsp3) is 0.889. The van der Waals surface area contributed by atoms with Crippen molar-refractivity contribution in [1.82, 2.24) is 4.90 Å². The van der Waals surface area contributed by atoms with Crippen molar-refractivity contribution in [2.45, 2.75) is 46.1 Å². The second-order valence-electron chi connectivity index (χ2n) is 2.75. The van der Waals surface area contributed by atoms with Crippen molar-refractivity contribution in [3.8, 4) is 0 Å². The Morgan fingerprint density at radius 2 is 2.00 bits per heavy atom. The van der Waals surface area contributed by atoms with Crippen LogP contribution in [0.2, 0.25) is 0 Å². The van der Waals surface area contributed by atoms with Crippen LogP contribution in [0.4, 0.5) is 0 Å². The molecule has 1 fully saturated rings. The number of piperidine rings is 1. The Morgan fingerprint density at radius 1 is 1.45 bits per heavy atom. The molecule has 11 heavy (non-hydrogen) atoms. The molecule has 1 rings (SSSR count). The number of hydrogen-bond acceptors (Lipinski definition) is 1. The lowest BCUT2D eigenvalue weighted by Gasteiger charge is -2.29. The Hall–Kier alpha value is -0.530. The van der Waals surface area contributed by atoms with Gasteiger partial charge in [-0.15, -0.1) is 0 Å². The molecule has 2 nitrogen and oxygen atoms in total. The summed E-state index contributed by atoms with van der Waals surface area (Å²) in [6.45, 7) is 6.09. The zero-order valence-electron chi connectivity index (χ0n) is 8.05. The lowest BCUT2D eigenvalue weighted by molar-refractivity contribution is -0.134. The maximum atomic E-state index is 10.9. The van der Waals surface area contributed by atoms with Gasteiger partial charge in [-0.3, -0.25) is 4.79 Å². The van der Waals surface area contributed by atoms with Crippen LogP contribution < -0.4 is 0 Å². The molecule has 1 saturated heterocycles. The van der Waals surface area contributed by atoms with Crippen molar-refractivity contribution in [3.05, 3.63) is 0 Å². The maximum absolute atomic E-state index is 10.9. The van der Waals surface area contributed by atoms with Crippen molar-refractivity contribution in [3.63, 3.8) is 0 Å². The van der Waals surface area contributed by atoms with E-state index in [0.717, 1.165) is 12.8 Å². The molecule has 0 spiro atoms. The summed E-state index contributed by atoms with van der Waals surface area (Å²) in [5.74, 6) is 0.300. The molecule has 0 bridgehead atoms. The molecule has 0 radical (unpaired) electrons. The van der Waals surface area contributed by atoms with Crippen LogP contribution in [0.5, 0.6) is 0 Å². The Balaban J connectivity index is 0.000000461. The minimum Gasteiger partial charge on any atom is -0.343 e. The first-order chi connectivity index (χ1) is 5.22. The summed E-state index contributed by atoms with van der Waals surface area (Å²) in [6.07, 6.45) is 2.99. The first kappa shape index (κ1) is 10.5. The van der Waals surface area contributed by atoms with Gasteiger partial charge in [0.15, 0.2) is 0 Å². The zero-order chi connectivity index (χ0) is 8.85. The van der Waals surface area contributed by atoms with Crippen LogP contribution in [-0.2, 0) is 4.79 Å². The lowest BCUT2D eigenvalue weighted by Crippen LogP contribution is -2.38. The number of likely N-dealkylation sites (tertiary alicyclic amines) is 1. The third-order valence-electron chi connectivity index (χ3n) is 2.07. The number of rotatable bonds is 0. The first-order valence-corrected chi connectivity index (χ1v) is 4.47. The van der Waals surface area contributed by atoms with Gasteiger partial charge < -0.3 is 4.90 Å². The van der Waals surface area contributed by atoms with Crippen molar-refractivity contribution >= 4 is 5.91 Å². The normalized spacial score (nSPS) is 24.2. The molecular weight excluding hydrogens is 138 g/mol. The quantitative estimate of drug-likeness (QED) is 0.527. The van der Waals surface area contributed by atoms with Gasteiger partial charge in [-0.1, -0.05) is 13.8 Å². The molecule has 1 atom stereocenters. The van der Waals surface area contributed by atoms with Crippen LogP contribution >= 0.6 is 0 Å². The summed E-state index contributed by atoms with van der Waals surface area (Å²) in [4.78, 5) is 12.8. The molecule has 0 saturated carbocycles. The molecule has 0 N–H and O–H groups in total. The zero-order valence-corrected chi connectivity index (χ0v) is 8.05. The van der Waals surface area contributed by atoms with E-state index in [4.69, 9.17) is 0 Å². The molecule has 0 aromatic rings. The van der Waals surface area contributed by atoms with Crippen LogP contribution in [0, 0.1) is 0 Å². The summed E-state index contributed by atoms with van der Waals surface area (Å²) in [5, 5.41) is 0. The highest BCUT2D eigenvalue weighted by Gasteiger charge is 2.19. The van der Waals surface area contributed by atoms with E-state index in [2.05, 4.69) is 6.92 Å². The molecule has 0 aromatic carbocycles. The van der Waals surface area contributed by atoms with Gasteiger partial charge in [0.05, 0.1) is 0 Å². The number of carbonyl (C=O) groups excluding carboxylic acids is 1. The van der Waals surface area contributed by atoms with Gasteiger partial charge in [0.1, 0.15) is 0 Å². The Morgan fingerprint density at radius 3 is 2.36 bits per heavy atom. The topological polar surface area (TPSA) is 20.3 Å². The van der Waals surface area contributed by atoms with E-state index in [1.165, 1.54) is 6.42 Å². The van der Waals surface area contributed by atoms with Gasteiger partial charge in [0.2, 0.25) is 5.91 Å². The molecule has 1 unspecified atom stereocenters. The number of amides is 1. The van der Waals surface area contributed by atoms with Crippen molar-refractivity contribution < 1.29 is 4.79 Å². The molecule has 1 aliphatic rings.